The molecule has 1 aliphatic heterocycles. The third-order valence-electron chi connectivity index (χ3n) is 3.80. The Bertz CT molecular complexity index is 447. The van der Waals surface area contributed by atoms with Crippen molar-refractivity contribution in [2.75, 3.05) is 19.7 Å². The number of piperidine rings is 1. The van der Waals surface area contributed by atoms with Crippen molar-refractivity contribution in [2.45, 2.75) is 26.2 Å². The van der Waals surface area contributed by atoms with E-state index in [4.69, 9.17) is 4.74 Å². The summed E-state index contributed by atoms with van der Waals surface area (Å²) in [5, 5.41) is 3.33. The summed E-state index contributed by atoms with van der Waals surface area (Å²) in [6.45, 7) is 4.01. The first-order valence-electron chi connectivity index (χ1n) is 7.36. The molecule has 1 atom stereocenters. The van der Waals surface area contributed by atoms with Gasteiger partial charge < -0.3 is 10.1 Å². The van der Waals surface area contributed by atoms with Crippen LogP contribution in [0, 0.1) is 5.41 Å². The van der Waals surface area contributed by atoms with E-state index >= 15 is 0 Å². The number of benzene rings is 1. The Hall–Kier alpha value is -1.61. The SMILES string of the molecule is CCOC(=O)C1(CC=Cc2ccccc2)CCCNC1. The standard InChI is InChI=1S/C17H23NO2/c1-2-20-16(19)17(12-7-13-18-14-17)11-6-10-15-8-4-3-5-9-15/h3-6,8-10,18H,2,7,11-14H2,1H3. The lowest BCUT2D eigenvalue weighted by Gasteiger charge is -2.34. The van der Waals surface area contributed by atoms with Crippen molar-refractivity contribution in [3.05, 3.63) is 42.0 Å². The minimum absolute atomic E-state index is 0.0649. The van der Waals surface area contributed by atoms with Gasteiger partial charge in [-0.05, 0) is 38.3 Å². The van der Waals surface area contributed by atoms with Crippen LogP contribution in [0.5, 0.6) is 0 Å². The Balaban J connectivity index is 2.04. The van der Waals surface area contributed by atoms with Crippen molar-refractivity contribution in [1.29, 1.82) is 0 Å². The zero-order chi connectivity index (χ0) is 14.3. The topological polar surface area (TPSA) is 38.3 Å². The molecule has 0 spiro atoms. The Morgan fingerprint density at radius 1 is 1.40 bits per heavy atom. The third-order valence-corrected chi connectivity index (χ3v) is 3.80. The fourth-order valence-corrected chi connectivity index (χ4v) is 2.67. The van der Waals surface area contributed by atoms with Crippen LogP contribution in [0.1, 0.15) is 31.7 Å². The molecule has 2 rings (SSSR count). The fourth-order valence-electron chi connectivity index (χ4n) is 2.67. The lowest BCUT2D eigenvalue weighted by Crippen LogP contribution is -2.46. The van der Waals surface area contributed by atoms with Gasteiger partial charge in [-0.25, -0.2) is 0 Å². The smallest absolute Gasteiger partial charge is 0.313 e. The van der Waals surface area contributed by atoms with Crippen LogP contribution in [0.25, 0.3) is 6.08 Å². The Morgan fingerprint density at radius 2 is 2.20 bits per heavy atom. The van der Waals surface area contributed by atoms with Crippen molar-refractivity contribution in [1.82, 2.24) is 5.32 Å². The highest BCUT2D eigenvalue weighted by atomic mass is 16.5. The van der Waals surface area contributed by atoms with E-state index in [9.17, 15) is 4.79 Å². The molecule has 1 unspecified atom stereocenters. The molecule has 1 fully saturated rings. The predicted octanol–water partition coefficient (Wildman–Crippen LogP) is 3.02. The molecule has 108 valence electrons. The van der Waals surface area contributed by atoms with Gasteiger partial charge in [0.25, 0.3) is 0 Å². The summed E-state index contributed by atoms with van der Waals surface area (Å²) in [6, 6.07) is 10.2. The van der Waals surface area contributed by atoms with Gasteiger partial charge in [-0.3, -0.25) is 4.79 Å². The number of allylic oxidation sites excluding steroid dienone is 1. The third kappa shape index (κ3) is 3.70. The molecule has 0 saturated carbocycles. The van der Waals surface area contributed by atoms with Crippen LogP contribution < -0.4 is 5.32 Å². The molecule has 1 aliphatic rings. The van der Waals surface area contributed by atoms with E-state index in [0.29, 0.717) is 13.2 Å². The summed E-state index contributed by atoms with van der Waals surface area (Å²) < 4.78 is 5.27. The minimum Gasteiger partial charge on any atom is -0.466 e. The van der Waals surface area contributed by atoms with Gasteiger partial charge >= 0.3 is 5.97 Å². The number of esters is 1. The summed E-state index contributed by atoms with van der Waals surface area (Å²) in [6.07, 6.45) is 6.83. The van der Waals surface area contributed by atoms with Gasteiger partial charge in [0.05, 0.1) is 12.0 Å². The maximum Gasteiger partial charge on any atom is 0.313 e. The van der Waals surface area contributed by atoms with Crippen LogP contribution in [0.4, 0.5) is 0 Å². The Kier molecular flexibility index (Phi) is 5.36. The zero-order valence-electron chi connectivity index (χ0n) is 12.1. The van der Waals surface area contributed by atoms with Crippen LogP contribution in [-0.4, -0.2) is 25.7 Å². The highest BCUT2D eigenvalue weighted by molar-refractivity contribution is 5.77. The Morgan fingerprint density at radius 3 is 2.85 bits per heavy atom. The average Bonchev–Trinajstić information content (AvgIpc) is 2.49. The number of carbonyl (C=O) groups excluding carboxylic acids is 1. The molecule has 3 heteroatoms. The molecular formula is C17H23NO2. The lowest BCUT2D eigenvalue weighted by atomic mass is 9.77. The van der Waals surface area contributed by atoms with Gasteiger partial charge in [-0.15, -0.1) is 0 Å². The Labute approximate surface area is 121 Å². The minimum atomic E-state index is -0.389. The molecule has 3 nitrogen and oxygen atoms in total. The maximum absolute atomic E-state index is 12.3. The molecule has 0 radical (unpaired) electrons. The second kappa shape index (κ2) is 7.25. The van der Waals surface area contributed by atoms with Crippen LogP contribution in [-0.2, 0) is 9.53 Å². The lowest BCUT2D eigenvalue weighted by molar-refractivity contribution is -0.156. The van der Waals surface area contributed by atoms with Gasteiger partial charge in [0, 0.05) is 6.54 Å². The van der Waals surface area contributed by atoms with Crippen molar-refractivity contribution < 1.29 is 9.53 Å². The first kappa shape index (κ1) is 14.8. The number of rotatable bonds is 5. The van der Waals surface area contributed by atoms with E-state index in [1.165, 1.54) is 0 Å². The highest BCUT2D eigenvalue weighted by Gasteiger charge is 2.39. The van der Waals surface area contributed by atoms with Gasteiger partial charge in [0.1, 0.15) is 0 Å². The molecule has 0 aliphatic carbocycles. The molecule has 0 aromatic heterocycles. The molecule has 20 heavy (non-hydrogen) atoms. The quantitative estimate of drug-likeness (QED) is 0.838. The molecular weight excluding hydrogens is 250 g/mol. The highest BCUT2D eigenvalue weighted by Crippen LogP contribution is 2.32. The molecule has 1 heterocycles. The van der Waals surface area contributed by atoms with Crippen molar-refractivity contribution in [2.24, 2.45) is 5.41 Å². The molecule has 0 amide bonds. The summed E-state index contributed by atoms with van der Waals surface area (Å²) >= 11 is 0. The van der Waals surface area contributed by atoms with Crippen molar-refractivity contribution in [3.63, 3.8) is 0 Å². The summed E-state index contributed by atoms with van der Waals surface area (Å²) in [7, 11) is 0. The molecule has 1 aromatic rings. The van der Waals surface area contributed by atoms with Gasteiger partial charge in [0.2, 0.25) is 0 Å². The molecule has 1 aromatic carbocycles. The first-order chi connectivity index (χ1) is 9.77. The van der Waals surface area contributed by atoms with E-state index in [0.717, 1.165) is 31.4 Å². The molecule has 0 bridgehead atoms. The zero-order valence-corrected chi connectivity index (χ0v) is 12.1. The number of carbonyl (C=O) groups is 1. The summed E-state index contributed by atoms with van der Waals surface area (Å²) in [5.74, 6) is -0.0649. The molecule has 1 saturated heterocycles. The summed E-state index contributed by atoms with van der Waals surface area (Å²) in [5.41, 5.74) is 0.773. The predicted molar refractivity (Wildman–Crippen MR) is 81.3 cm³/mol. The van der Waals surface area contributed by atoms with E-state index in [1.54, 1.807) is 0 Å². The second-order valence-corrected chi connectivity index (χ2v) is 5.30. The van der Waals surface area contributed by atoms with E-state index < -0.39 is 0 Å². The van der Waals surface area contributed by atoms with Crippen LogP contribution >= 0.6 is 0 Å². The monoisotopic (exact) mass is 273 g/mol. The first-order valence-corrected chi connectivity index (χ1v) is 7.36. The maximum atomic E-state index is 12.3. The largest absolute Gasteiger partial charge is 0.466 e. The number of hydrogen-bond donors (Lipinski definition) is 1. The summed E-state index contributed by atoms with van der Waals surface area (Å²) in [4.78, 5) is 12.3. The number of nitrogens with one attached hydrogen (secondary N) is 1. The van der Waals surface area contributed by atoms with Crippen molar-refractivity contribution >= 4 is 12.0 Å². The number of ether oxygens (including phenoxy) is 1. The molecule has 1 N–H and O–H groups in total. The van der Waals surface area contributed by atoms with Gasteiger partial charge in [0.15, 0.2) is 0 Å². The van der Waals surface area contributed by atoms with E-state index in [2.05, 4.69) is 29.6 Å². The second-order valence-electron chi connectivity index (χ2n) is 5.30. The normalized spacial score (nSPS) is 22.9. The van der Waals surface area contributed by atoms with E-state index in [-0.39, 0.29) is 11.4 Å². The van der Waals surface area contributed by atoms with Crippen molar-refractivity contribution in [3.8, 4) is 0 Å². The number of hydrogen-bond acceptors (Lipinski definition) is 3. The van der Waals surface area contributed by atoms with Gasteiger partial charge in [-0.2, -0.15) is 0 Å². The van der Waals surface area contributed by atoms with Gasteiger partial charge in [-0.1, -0.05) is 42.5 Å². The van der Waals surface area contributed by atoms with Crippen LogP contribution in [0.15, 0.2) is 36.4 Å². The average molecular weight is 273 g/mol. The van der Waals surface area contributed by atoms with E-state index in [1.807, 2.05) is 25.1 Å². The fraction of sp³-hybridized carbons (Fsp3) is 0.471. The van der Waals surface area contributed by atoms with Crippen LogP contribution in [0.2, 0.25) is 0 Å². The van der Waals surface area contributed by atoms with Crippen LogP contribution in [0.3, 0.4) is 0 Å².